The summed E-state index contributed by atoms with van der Waals surface area (Å²) in [6.45, 7) is 3.14. The Balaban J connectivity index is 0.00000342. The van der Waals surface area contributed by atoms with Crippen molar-refractivity contribution in [1.29, 1.82) is 0 Å². The number of amides is 1. The Hall–Kier alpha value is -3.76. The number of ether oxygens (including phenoxy) is 1. The molecule has 0 aliphatic carbocycles. The summed E-state index contributed by atoms with van der Waals surface area (Å²) < 4.78 is 8.38. The second kappa shape index (κ2) is 11.6. The van der Waals surface area contributed by atoms with Gasteiger partial charge in [-0.3, -0.25) is 19.8 Å². The number of rotatable bonds is 9. The Labute approximate surface area is 212 Å². The van der Waals surface area contributed by atoms with Crippen molar-refractivity contribution in [1.82, 2.24) is 14.5 Å². The number of hydrogen-bond donors (Lipinski definition) is 0. The van der Waals surface area contributed by atoms with Crippen LogP contribution in [0.4, 0.5) is 10.8 Å². The standard InChI is InChI=1S/C24H23N5O4S.ClH/c1-17-7-9-20(33-2)22-23(17)34-24(26-22)28(13-4-12-27-14-11-25-16-27)21(30)10-8-18-5-3-6-19(15-18)29(31)32;/h3,5-11,14-16H,4,12-13H2,1-2H3;1H/b10-8+;. The van der Waals surface area contributed by atoms with Crippen molar-refractivity contribution in [2.45, 2.75) is 19.9 Å². The van der Waals surface area contributed by atoms with E-state index in [2.05, 4.69) is 4.98 Å². The minimum atomic E-state index is -0.460. The molecule has 0 radical (unpaired) electrons. The molecule has 0 unspecified atom stereocenters. The average Bonchev–Trinajstić information content (AvgIpc) is 3.51. The average molecular weight is 514 g/mol. The van der Waals surface area contributed by atoms with Gasteiger partial charge in [-0.1, -0.05) is 29.5 Å². The number of thiazole rings is 1. The molecule has 0 atom stereocenters. The fourth-order valence-corrected chi connectivity index (χ4v) is 4.59. The van der Waals surface area contributed by atoms with E-state index in [-0.39, 0.29) is 24.0 Å². The van der Waals surface area contributed by atoms with E-state index < -0.39 is 4.92 Å². The monoisotopic (exact) mass is 513 g/mol. The summed E-state index contributed by atoms with van der Waals surface area (Å²) in [5.74, 6) is 0.397. The van der Waals surface area contributed by atoms with Crippen LogP contribution in [0.15, 0.2) is 61.2 Å². The van der Waals surface area contributed by atoms with Gasteiger partial charge in [0.25, 0.3) is 11.6 Å². The molecule has 1 amide bonds. The Bertz CT molecular complexity index is 1350. The fraction of sp³-hybridized carbons (Fsp3) is 0.208. The lowest BCUT2D eigenvalue weighted by molar-refractivity contribution is -0.384. The third kappa shape index (κ3) is 6.03. The van der Waals surface area contributed by atoms with Crippen LogP contribution < -0.4 is 9.64 Å². The molecule has 35 heavy (non-hydrogen) atoms. The highest BCUT2D eigenvalue weighted by Gasteiger charge is 2.20. The first kappa shape index (κ1) is 25.9. The van der Waals surface area contributed by atoms with Gasteiger partial charge >= 0.3 is 0 Å². The van der Waals surface area contributed by atoms with Gasteiger partial charge in [-0.2, -0.15) is 0 Å². The number of benzene rings is 2. The predicted octanol–water partition coefficient (Wildman–Crippen LogP) is 5.28. The van der Waals surface area contributed by atoms with E-state index >= 15 is 0 Å². The van der Waals surface area contributed by atoms with Crippen LogP contribution in [0.2, 0.25) is 0 Å². The van der Waals surface area contributed by atoms with Crippen LogP contribution in [0, 0.1) is 17.0 Å². The first-order valence-electron chi connectivity index (χ1n) is 10.6. The third-order valence-electron chi connectivity index (χ3n) is 5.27. The van der Waals surface area contributed by atoms with E-state index in [1.807, 2.05) is 29.8 Å². The number of fused-ring (bicyclic) bond motifs is 1. The van der Waals surface area contributed by atoms with Gasteiger partial charge in [0.15, 0.2) is 5.13 Å². The normalized spacial score (nSPS) is 10.9. The summed E-state index contributed by atoms with van der Waals surface area (Å²) in [7, 11) is 1.60. The highest BCUT2D eigenvalue weighted by molar-refractivity contribution is 7.22. The molecule has 4 rings (SSSR count). The Kier molecular flexibility index (Phi) is 8.56. The number of aromatic nitrogens is 3. The highest BCUT2D eigenvalue weighted by atomic mass is 35.5. The number of carbonyl (C=O) groups excluding carboxylic acids is 1. The molecule has 2 aromatic heterocycles. The number of halogens is 1. The lowest BCUT2D eigenvalue weighted by Crippen LogP contribution is -2.30. The van der Waals surface area contributed by atoms with Crippen molar-refractivity contribution in [3.63, 3.8) is 0 Å². The number of carbonyl (C=O) groups is 1. The number of hydrogen-bond acceptors (Lipinski definition) is 7. The zero-order valence-electron chi connectivity index (χ0n) is 19.2. The van der Waals surface area contributed by atoms with Crippen LogP contribution in [0.25, 0.3) is 16.3 Å². The molecule has 0 spiro atoms. The molecule has 4 aromatic rings. The molecule has 2 aromatic carbocycles. The first-order chi connectivity index (χ1) is 16.5. The lowest BCUT2D eigenvalue weighted by atomic mass is 10.2. The van der Waals surface area contributed by atoms with Gasteiger partial charge in [0, 0.05) is 43.7 Å². The molecule has 2 heterocycles. The Morgan fingerprint density at radius 1 is 1.31 bits per heavy atom. The number of nitrogens with zero attached hydrogens (tertiary/aromatic N) is 5. The number of imidazole rings is 1. The van der Waals surface area contributed by atoms with Crippen molar-refractivity contribution in [2.75, 3.05) is 18.6 Å². The van der Waals surface area contributed by atoms with Gasteiger partial charge < -0.3 is 9.30 Å². The van der Waals surface area contributed by atoms with Crippen molar-refractivity contribution < 1.29 is 14.5 Å². The second-order valence-corrected chi connectivity index (χ2v) is 8.57. The number of nitro benzene ring substituents is 1. The molecule has 0 saturated carbocycles. The molecule has 0 aliphatic rings. The summed E-state index contributed by atoms with van der Waals surface area (Å²) in [5.41, 5.74) is 2.32. The molecule has 0 fully saturated rings. The molecule has 0 aliphatic heterocycles. The fourth-order valence-electron chi connectivity index (χ4n) is 3.51. The van der Waals surface area contributed by atoms with E-state index in [0.29, 0.717) is 36.0 Å². The molecule has 0 bridgehead atoms. The summed E-state index contributed by atoms with van der Waals surface area (Å²) in [6.07, 6.45) is 9.02. The summed E-state index contributed by atoms with van der Waals surface area (Å²) in [6, 6.07) is 9.99. The maximum Gasteiger partial charge on any atom is 0.270 e. The van der Waals surface area contributed by atoms with Crippen LogP contribution in [-0.2, 0) is 11.3 Å². The zero-order valence-corrected chi connectivity index (χ0v) is 20.8. The maximum absolute atomic E-state index is 13.3. The zero-order chi connectivity index (χ0) is 24.1. The number of aryl methyl sites for hydroxylation is 2. The third-order valence-corrected chi connectivity index (χ3v) is 6.48. The van der Waals surface area contributed by atoms with E-state index in [9.17, 15) is 14.9 Å². The quantitative estimate of drug-likeness (QED) is 0.171. The van der Waals surface area contributed by atoms with Crippen molar-refractivity contribution >= 4 is 56.8 Å². The minimum absolute atomic E-state index is 0. The van der Waals surface area contributed by atoms with Crippen molar-refractivity contribution in [2.24, 2.45) is 0 Å². The molecule has 0 N–H and O–H groups in total. The van der Waals surface area contributed by atoms with Crippen LogP contribution in [-0.4, -0.2) is 39.0 Å². The SMILES string of the molecule is COc1ccc(C)c2sc(N(CCCn3ccnc3)C(=O)/C=C/c3cccc([N+](=O)[O-])c3)nc12.Cl. The molecule has 11 heteroatoms. The summed E-state index contributed by atoms with van der Waals surface area (Å²) >= 11 is 1.44. The minimum Gasteiger partial charge on any atom is -0.494 e. The predicted molar refractivity (Wildman–Crippen MR) is 139 cm³/mol. The van der Waals surface area contributed by atoms with Crippen LogP contribution >= 0.6 is 23.7 Å². The van der Waals surface area contributed by atoms with Gasteiger partial charge in [0.05, 0.1) is 23.1 Å². The topological polar surface area (TPSA) is 103 Å². The Morgan fingerprint density at radius 2 is 2.14 bits per heavy atom. The van der Waals surface area contributed by atoms with Crippen LogP contribution in [0.1, 0.15) is 17.5 Å². The highest BCUT2D eigenvalue weighted by Crippen LogP contribution is 2.36. The second-order valence-electron chi connectivity index (χ2n) is 7.59. The van der Waals surface area contributed by atoms with E-state index in [1.165, 1.54) is 29.5 Å². The number of anilines is 1. The van der Waals surface area contributed by atoms with Gasteiger partial charge in [0.2, 0.25) is 0 Å². The van der Waals surface area contributed by atoms with Crippen LogP contribution in [0.5, 0.6) is 5.75 Å². The van der Waals surface area contributed by atoms with E-state index in [1.54, 1.807) is 42.7 Å². The lowest BCUT2D eigenvalue weighted by Gasteiger charge is -2.18. The van der Waals surface area contributed by atoms with Crippen molar-refractivity contribution in [3.05, 3.63) is 82.4 Å². The number of nitro groups is 1. The number of non-ortho nitro benzene ring substituents is 1. The number of methoxy groups -OCH3 is 1. The van der Waals surface area contributed by atoms with Gasteiger partial charge in [-0.25, -0.2) is 9.97 Å². The summed E-state index contributed by atoms with van der Waals surface area (Å²) in [5, 5.41) is 11.6. The van der Waals surface area contributed by atoms with E-state index in [4.69, 9.17) is 9.72 Å². The first-order valence-corrected chi connectivity index (χ1v) is 11.4. The van der Waals surface area contributed by atoms with Crippen molar-refractivity contribution in [3.8, 4) is 5.75 Å². The van der Waals surface area contributed by atoms with Gasteiger partial charge in [-0.05, 0) is 36.6 Å². The van der Waals surface area contributed by atoms with Gasteiger partial charge in [0.1, 0.15) is 11.3 Å². The summed E-state index contributed by atoms with van der Waals surface area (Å²) in [4.78, 5) is 34.3. The van der Waals surface area contributed by atoms with Gasteiger partial charge in [-0.15, -0.1) is 12.4 Å². The molecular formula is C24H24ClN5O4S. The Morgan fingerprint density at radius 3 is 2.86 bits per heavy atom. The smallest absolute Gasteiger partial charge is 0.270 e. The molecule has 9 nitrogen and oxygen atoms in total. The maximum atomic E-state index is 13.3. The van der Waals surface area contributed by atoms with Crippen LogP contribution in [0.3, 0.4) is 0 Å². The molecule has 182 valence electrons. The molecule has 0 saturated heterocycles. The van der Waals surface area contributed by atoms with E-state index in [0.717, 1.165) is 15.8 Å². The largest absolute Gasteiger partial charge is 0.494 e. The molecular weight excluding hydrogens is 490 g/mol.